The number of oxazole rings is 1. The molecule has 29 heavy (non-hydrogen) atoms. The van der Waals surface area contributed by atoms with Crippen LogP contribution in [0.3, 0.4) is 0 Å². The summed E-state index contributed by atoms with van der Waals surface area (Å²) in [6, 6.07) is 17.2. The Morgan fingerprint density at radius 2 is 1.66 bits per heavy atom. The number of benzene rings is 3. The fourth-order valence-electron chi connectivity index (χ4n) is 3.01. The predicted octanol–water partition coefficient (Wildman–Crippen LogP) is 6.88. The van der Waals surface area contributed by atoms with Crippen LogP contribution in [-0.2, 0) is 6.54 Å². The fraction of sp³-hybridized carbons (Fsp3) is 0.0870. The lowest BCUT2D eigenvalue weighted by Gasteiger charge is -2.08. The third-order valence-electron chi connectivity index (χ3n) is 4.57. The predicted molar refractivity (Wildman–Crippen MR) is 107 cm³/mol. The molecule has 4 aromatic rings. The third-order valence-corrected chi connectivity index (χ3v) is 4.57. The summed E-state index contributed by atoms with van der Waals surface area (Å²) in [5.41, 5.74) is 4.59. The van der Waals surface area contributed by atoms with E-state index in [1.165, 1.54) is 18.2 Å². The number of hydrogen-bond acceptors (Lipinski definition) is 4. The number of hydrogen-bond donors (Lipinski definition) is 0. The van der Waals surface area contributed by atoms with Crippen molar-refractivity contribution in [1.29, 1.82) is 0 Å². The van der Waals surface area contributed by atoms with Crippen molar-refractivity contribution in [2.45, 2.75) is 13.5 Å². The highest BCUT2D eigenvalue weighted by atomic mass is 19.1. The molecular weight excluding hydrogens is 372 g/mol. The standard InChI is InChI=1S/C23H17F2N3O/c1-15-5-6-17(23-26-11-12-29-23)13-19(15)16-7-9-18(10-8-16)28-27-14-20-21(24)3-2-4-22(20)25/h2-13H,14H2,1H3. The minimum Gasteiger partial charge on any atom is -0.445 e. The van der Waals surface area contributed by atoms with E-state index in [9.17, 15) is 8.78 Å². The van der Waals surface area contributed by atoms with Crippen LogP contribution in [0.4, 0.5) is 14.5 Å². The summed E-state index contributed by atoms with van der Waals surface area (Å²) < 4.78 is 32.6. The lowest BCUT2D eigenvalue weighted by molar-refractivity contribution is 0.555. The first-order valence-electron chi connectivity index (χ1n) is 9.03. The van der Waals surface area contributed by atoms with Gasteiger partial charge in [0.05, 0.1) is 18.4 Å². The maximum absolute atomic E-state index is 13.6. The average Bonchev–Trinajstić information content (AvgIpc) is 3.26. The van der Waals surface area contributed by atoms with E-state index in [4.69, 9.17) is 4.42 Å². The summed E-state index contributed by atoms with van der Waals surface area (Å²) >= 11 is 0. The molecule has 0 saturated carbocycles. The van der Waals surface area contributed by atoms with Crippen molar-refractivity contribution >= 4 is 5.69 Å². The zero-order valence-electron chi connectivity index (χ0n) is 15.6. The number of halogens is 2. The second-order valence-electron chi connectivity index (χ2n) is 6.51. The van der Waals surface area contributed by atoms with Gasteiger partial charge in [0.2, 0.25) is 5.89 Å². The van der Waals surface area contributed by atoms with Crippen LogP contribution in [0.5, 0.6) is 0 Å². The molecule has 3 aromatic carbocycles. The van der Waals surface area contributed by atoms with Crippen molar-refractivity contribution in [1.82, 2.24) is 4.98 Å². The smallest absolute Gasteiger partial charge is 0.225 e. The molecule has 0 aliphatic heterocycles. The Balaban J connectivity index is 1.53. The van der Waals surface area contributed by atoms with Crippen molar-refractivity contribution in [2.24, 2.45) is 10.2 Å². The molecule has 1 aromatic heterocycles. The summed E-state index contributed by atoms with van der Waals surface area (Å²) in [5, 5.41) is 7.99. The Hall–Kier alpha value is -3.67. The lowest BCUT2D eigenvalue weighted by atomic mass is 9.98. The number of nitrogens with zero attached hydrogens (tertiary/aromatic N) is 3. The molecule has 0 saturated heterocycles. The quantitative estimate of drug-likeness (QED) is 0.349. The van der Waals surface area contributed by atoms with Crippen molar-refractivity contribution in [2.75, 3.05) is 0 Å². The summed E-state index contributed by atoms with van der Waals surface area (Å²) in [7, 11) is 0. The van der Waals surface area contributed by atoms with Gasteiger partial charge in [-0.1, -0.05) is 24.3 Å². The van der Waals surface area contributed by atoms with Gasteiger partial charge in [-0.2, -0.15) is 10.2 Å². The molecule has 0 fully saturated rings. The molecule has 0 spiro atoms. The van der Waals surface area contributed by atoms with Crippen molar-refractivity contribution < 1.29 is 13.2 Å². The van der Waals surface area contributed by atoms with Gasteiger partial charge in [-0.25, -0.2) is 13.8 Å². The van der Waals surface area contributed by atoms with E-state index in [1.807, 2.05) is 49.4 Å². The molecule has 0 aliphatic carbocycles. The van der Waals surface area contributed by atoms with Crippen molar-refractivity contribution in [3.63, 3.8) is 0 Å². The molecule has 6 heteroatoms. The minimum atomic E-state index is -0.624. The van der Waals surface area contributed by atoms with Gasteiger partial charge in [-0.3, -0.25) is 0 Å². The Bertz CT molecular complexity index is 1130. The van der Waals surface area contributed by atoms with Crippen molar-refractivity contribution in [3.8, 4) is 22.6 Å². The Morgan fingerprint density at radius 1 is 0.931 bits per heavy atom. The van der Waals surface area contributed by atoms with Gasteiger partial charge in [-0.05, 0) is 60.0 Å². The van der Waals surface area contributed by atoms with E-state index < -0.39 is 11.6 Å². The highest BCUT2D eigenvalue weighted by Gasteiger charge is 2.09. The number of aryl methyl sites for hydroxylation is 1. The molecule has 1 heterocycles. The maximum Gasteiger partial charge on any atom is 0.225 e. The van der Waals surface area contributed by atoms with Crippen LogP contribution in [0.25, 0.3) is 22.6 Å². The van der Waals surface area contributed by atoms with Crippen LogP contribution < -0.4 is 0 Å². The van der Waals surface area contributed by atoms with E-state index in [1.54, 1.807) is 12.5 Å². The summed E-state index contributed by atoms with van der Waals surface area (Å²) in [5.74, 6) is -0.682. The molecule has 0 aliphatic rings. The van der Waals surface area contributed by atoms with Gasteiger partial charge in [0.1, 0.15) is 17.9 Å². The summed E-state index contributed by atoms with van der Waals surface area (Å²) in [6.07, 6.45) is 3.16. The lowest BCUT2D eigenvalue weighted by Crippen LogP contribution is -1.92. The largest absolute Gasteiger partial charge is 0.445 e. The van der Waals surface area contributed by atoms with Crippen LogP contribution in [0.1, 0.15) is 11.1 Å². The second kappa shape index (κ2) is 8.14. The van der Waals surface area contributed by atoms with E-state index in [0.29, 0.717) is 11.6 Å². The molecule has 0 bridgehead atoms. The topological polar surface area (TPSA) is 50.8 Å². The van der Waals surface area contributed by atoms with E-state index in [2.05, 4.69) is 15.2 Å². The van der Waals surface area contributed by atoms with Gasteiger partial charge in [-0.15, -0.1) is 0 Å². The SMILES string of the molecule is Cc1ccc(-c2ncco2)cc1-c1ccc(N=NCc2c(F)cccc2F)cc1. The monoisotopic (exact) mass is 389 g/mol. The van der Waals surface area contributed by atoms with Gasteiger partial charge in [0.15, 0.2) is 0 Å². The van der Waals surface area contributed by atoms with Gasteiger partial charge >= 0.3 is 0 Å². The number of rotatable bonds is 5. The fourth-order valence-corrected chi connectivity index (χ4v) is 3.01. The molecule has 4 rings (SSSR count). The van der Waals surface area contributed by atoms with E-state index in [-0.39, 0.29) is 12.1 Å². The maximum atomic E-state index is 13.6. The highest BCUT2D eigenvalue weighted by Crippen LogP contribution is 2.30. The van der Waals surface area contributed by atoms with Crippen LogP contribution >= 0.6 is 0 Å². The van der Waals surface area contributed by atoms with Crippen LogP contribution in [0, 0.1) is 18.6 Å². The number of aromatic nitrogens is 1. The zero-order chi connectivity index (χ0) is 20.2. The Kier molecular flexibility index (Phi) is 5.24. The second-order valence-corrected chi connectivity index (χ2v) is 6.51. The summed E-state index contributed by atoms with van der Waals surface area (Å²) in [4.78, 5) is 4.19. The molecular formula is C23H17F2N3O. The van der Waals surface area contributed by atoms with Gasteiger partial charge in [0, 0.05) is 11.1 Å². The van der Waals surface area contributed by atoms with E-state index in [0.717, 1.165) is 22.3 Å². The molecule has 0 atom stereocenters. The first-order valence-corrected chi connectivity index (χ1v) is 9.03. The van der Waals surface area contributed by atoms with Gasteiger partial charge in [0.25, 0.3) is 0 Å². The summed E-state index contributed by atoms with van der Waals surface area (Å²) in [6.45, 7) is 1.88. The molecule has 4 nitrogen and oxygen atoms in total. The van der Waals surface area contributed by atoms with Crippen LogP contribution in [0.15, 0.2) is 87.8 Å². The number of azo groups is 1. The Morgan fingerprint density at radius 3 is 2.34 bits per heavy atom. The highest BCUT2D eigenvalue weighted by molar-refractivity contribution is 5.73. The Labute approximate surface area is 166 Å². The first-order chi connectivity index (χ1) is 14.1. The van der Waals surface area contributed by atoms with Crippen molar-refractivity contribution in [3.05, 3.63) is 95.9 Å². The van der Waals surface area contributed by atoms with E-state index >= 15 is 0 Å². The first kappa shape index (κ1) is 18.7. The molecule has 0 radical (unpaired) electrons. The molecule has 0 unspecified atom stereocenters. The van der Waals surface area contributed by atoms with Crippen LogP contribution in [0.2, 0.25) is 0 Å². The average molecular weight is 389 g/mol. The van der Waals surface area contributed by atoms with Crippen LogP contribution in [-0.4, -0.2) is 4.98 Å². The molecule has 144 valence electrons. The van der Waals surface area contributed by atoms with Gasteiger partial charge < -0.3 is 4.42 Å². The zero-order valence-corrected chi connectivity index (χ0v) is 15.6. The molecule has 0 N–H and O–H groups in total. The minimum absolute atomic E-state index is 0.0909. The third kappa shape index (κ3) is 4.11. The normalized spacial score (nSPS) is 11.3. The molecule has 0 amide bonds.